The van der Waals surface area contributed by atoms with Crippen molar-refractivity contribution in [2.24, 2.45) is 0 Å². The van der Waals surface area contributed by atoms with E-state index in [1.54, 1.807) is 0 Å². The fourth-order valence-electron chi connectivity index (χ4n) is 6.13. The lowest BCUT2D eigenvalue weighted by Gasteiger charge is -2.56. The number of aromatic nitrogens is 1. The highest BCUT2D eigenvalue weighted by Gasteiger charge is 2.45. The largest absolute Gasteiger partial charge is 0.370 e. The molecular weight excluding hydrogens is 394 g/mol. The van der Waals surface area contributed by atoms with Crippen molar-refractivity contribution in [3.8, 4) is 6.07 Å². The monoisotopic (exact) mass is 423 g/mol. The van der Waals surface area contributed by atoms with Gasteiger partial charge in [-0.25, -0.2) is 4.98 Å². The number of hydrogen-bond acceptors (Lipinski definition) is 5. The van der Waals surface area contributed by atoms with Gasteiger partial charge in [0.1, 0.15) is 5.82 Å². The van der Waals surface area contributed by atoms with E-state index in [0.717, 1.165) is 30.9 Å². The van der Waals surface area contributed by atoms with E-state index >= 15 is 0 Å². The number of fused-ring (bicyclic) bond motifs is 3. The molecule has 3 aromatic rings. The zero-order chi connectivity index (χ0) is 21.5. The summed E-state index contributed by atoms with van der Waals surface area (Å²) in [6.45, 7) is 2.01. The normalized spacial score (nSPS) is 27.5. The summed E-state index contributed by atoms with van der Waals surface area (Å²) < 4.78 is 0. The Morgan fingerprint density at radius 3 is 2.53 bits per heavy atom. The van der Waals surface area contributed by atoms with Crippen molar-refractivity contribution in [2.45, 2.75) is 56.3 Å². The van der Waals surface area contributed by atoms with Crippen LogP contribution in [0.3, 0.4) is 0 Å². The first kappa shape index (κ1) is 19.6. The Morgan fingerprint density at radius 2 is 1.69 bits per heavy atom. The zero-order valence-electron chi connectivity index (χ0n) is 18.3. The number of piperidine rings is 1. The summed E-state index contributed by atoms with van der Waals surface area (Å²) in [6.07, 6.45) is 8.26. The van der Waals surface area contributed by atoms with Crippen LogP contribution in [0, 0.1) is 11.3 Å². The SMILES string of the molecule is N#Cc1ccc(N2CCC3[C@@H](C2)N[C@@H]2CCCCC2N3c2cc3ccccc3cn2)cc1. The van der Waals surface area contributed by atoms with Gasteiger partial charge in [0.2, 0.25) is 0 Å². The van der Waals surface area contributed by atoms with Gasteiger partial charge in [-0.05, 0) is 55.0 Å². The number of rotatable bonds is 2. The van der Waals surface area contributed by atoms with E-state index in [1.165, 1.54) is 42.1 Å². The molecule has 1 saturated carbocycles. The predicted octanol–water partition coefficient (Wildman–Crippen LogP) is 4.47. The third-order valence-electron chi connectivity index (χ3n) is 7.69. The van der Waals surface area contributed by atoms with Crippen molar-refractivity contribution in [3.05, 3.63) is 66.4 Å². The maximum atomic E-state index is 9.12. The highest BCUT2D eigenvalue weighted by atomic mass is 15.3. The molecule has 0 amide bonds. The van der Waals surface area contributed by atoms with Crippen LogP contribution in [0.5, 0.6) is 0 Å². The number of nitrogens with one attached hydrogen (secondary N) is 1. The summed E-state index contributed by atoms with van der Waals surface area (Å²) in [7, 11) is 0. The number of benzene rings is 2. The Labute approximate surface area is 189 Å². The molecule has 2 aliphatic heterocycles. The number of hydrogen-bond donors (Lipinski definition) is 1. The van der Waals surface area contributed by atoms with Crippen LogP contribution in [-0.2, 0) is 0 Å². The minimum Gasteiger partial charge on any atom is -0.370 e. The van der Waals surface area contributed by atoms with Gasteiger partial charge in [-0.1, -0.05) is 37.1 Å². The fraction of sp³-hybridized carbons (Fsp3) is 0.407. The highest BCUT2D eigenvalue weighted by molar-refractivity contribution is 5.84. The summed E-state index contributed by atoms with van der Waals surface area (Å²) in [5.41, 5.74) is 1.93. The third kappa shape index (κ3) is 3.40. The van der Waals surface area contributed by atoms with Gasteiger partial charge < -0.3 is 15.1 Å². The summed E-state index contributed by atoms with van der Waals surface area (Å²) >= 11 is 0. The first-order valence-corrected chi connectivity index (χ1v) is 11.9. The summed E-state index contributed by atoms with van der Waals surface area (Å²) in [6, 6.07) is 23.0. The number of piperazine rings is 1. The van der Waals surface area contributed by atoms with Gasteiger partial charge in [-0.15, -0.1) is 0 Å². The number of anilines is 2. The second-order valence-electron chi connectivity index (χ2n) is 9.49. The molecule has 3 aliphatic rings. The van der Waals surface area contributed by atoms with E-state index in [4.69, 9.17) is 10.2 Å². The van der Waals surface area contributed by atoms with Crippen molar-refractivity contribution in [1.29, 1.82) is 5.26 Å². The molecule has 5 heteroatoms. The van der Waals surface area contributed by atoms with Gasteiger partial charge in [0.25, 0.3) is 0 Å². The molecule has 5 nitrogen and oxygen atoms in total. The average molecular weight is 424 g/mol. The summed E-state index contributed by atoms with van der Waals surface area (Å²) in [5, 5.41) is 15.7. The number of nitrogens with zero attached hydrogens (tertiary/aromatic N) is 4. The molecule has 3 heterocycles. The molecule has 4 atom stereocenters. The molecule has 0 bridgehead atoms. The standard InChI is InChI=1S/C27H29N5/c28-16-19-9-11-22(12-10-19)31-14-13-26-24(18-31)30-23-7-3-4-8-25(23)32(26)27-15-20-5-1-2-6-21(20)17-29-27/h1-2,5-6,9-12,15,17,23-26,30H,3-4,7-8,13-14,18H2/t23-,24-,25?,26?/m1/s1. The molecule has 0 spiro atoms. The number of pyridine rings is 1. The first-order valence-electron chi connectivity index (χ1n) is 11.9. The molecule has 3 fully saturated rings. The van der Waals surface area contributed by atoms with E-state index in [2.05, 4.69) is 63.7 Å². The molecule has 2 saturated heterocycles. The number of nitriles is 1. The maximum absolute atomic E-state index is 9.12. The van der Waals surface area contributed by atoms with Crippen molar-refractivity contribution in [3.63, 3.8) is 0 Å². The van der Waals surface area contributed by atoms with Gasteiger partial charge in [-0.3, -0.25) is 0 Å². The predicted molar refractivity (Wildman–Crippen MR) is 129 cm³/mol. The van der Waals surface area contributed by atoms with Crippen LogP contribution in [0.15, 0.2) is 60.8 Å². The third-order valence-corrected chi connectivity index (χ3v) is 7.69. The summed E-state index contributed by atoms with van der Waals surface area (Å²) in [4.78, 5) is 10.1. The molecule has 2 aromatic carbocycles. The molecule has 6 rings (SSSR count). The Hall–Kier alpha value is -3.10. The lowest BCUT2D eigenvalue weighted by atomic mass is 9.81. The van der Waals surface area contributed by atoms with Crippen LogP contribution < -0.4 is 15.1 Å². The van der Waals surface area contributed by atoms with Crippen molar-refractivity contribution in [2.75, 3.05) is 22.9 Å². The van der Waals surface area contributed by atoms with Crippen molar-refractivity contribution >= 4 is 22.3 Å². The van der Waals surface area contributed by atoms with Gasteiger partial charge >= 0.3 is 0 Å². The van der Waals surface area contributed by atoms with Crippen LogP contribution in [0.25, 0.3) is 10.8 Å². The average Bonchev–Trinajstić information content (AvgIpc) is 2.86. The maximum Gasteiger partial charge on any atom is 0.129 e. The Balaban J connectivity index is 1.32. The molecule has 162 valence electrons. The molecular formula is C27H29N5. The van der Waals surface area contributed by atoms with Crippen molar-refractivity contribution < 1.29 is 0 Å². The van der Waals surface area contributed by atoms with E-state index in [1.807, 2.05) is 18.3 Å². The van der Waals surface area contributed by atoms with Crippen LogP contribution in [-0.4, -0.2) is 42.2 Å². The molecule has 0 radical (unpaired) electrons. The molecule has 2 unspecified atom stereocenters. The van der Waals surface area contributed by atoms with E-state index in [0.29, 0.717) is 24.2 Å². The first-order chi connectivity index (χ1) is 15.8. The highest BCUT2D eigenvalue weighted by Crippen LogP contribution is 2.37. The fourth-order valence-corrected chi connectivity index (χ4v) is 6.13. The Kier molecular flexibility index (Phi) is 4.96. The smallest absolute Gasteiger partial charge is 0.129 e. The Morgan fingerprint density at radius 1 is 0.906 bits per heavy atom. The van der Waals surface area contributed by atoms with E-state index in [-0.39, 0.29) is 0 Å². The molecule has 1 aromatic heterocycles. The Bertz CT molecular complexity index is 1150. The summed E-state index contributed by atoms with van der Waals surface area (Å²) in [5.74, 6) is 1.14. The lowest BCUT2D eigenvalue weighted by Crippen LogP contribution is -2.72. The van der Waals surface area contributed by atoms with E-state index < -0.39 is 0 Å². The minimum atomic E-state index is 0.409. The second kappa shape index (κ2) is 8.11. The van der Waals surface area contributed by atoms with Crippen molar-refractivity contribution in [1.82, 2.24) is 10.3 Å². The van der Waals surface area contributed by atoms with Gasteiger partial charge in [-0.2, -0.15) is 5.26 Å². The second-order valence-corrected chi connectivity index (χ2v) is 9.49. The van der Waals surface area contributed by atoms with Crippen LogP contribution >= 0.6 is 0 Å². The lowest BCUT2D eigenvalue weighted by molar-refractivity contribution is 0.188. The van der Waals surface area contributed by atoms with Crippen LogP contribution in [0.2, 0.25) is 0 Å². The van der Waals surface area contributed by atoms with Gasteiger partial charge in [0.15, 0.2) is 0 Å². The molecule has 32 heavy (non-hydrogen) atoms. The van der Waals surface area contributed by atoms with Gasteiger partial charge in [0.05, 0.1) is 11.6 Å². The quantitative estimate of drug-likeness (QED) is 0.659. The molecule has 1 N–H and O–H groups in total. The zero-order valence-corrected chi connectivity index (χ0v) is 18.3. The van der Waals surface area contributed by atoms with Gasteiger partial charge in [0, 0.05) is 54.5 Å². The minimum absolute atomic E-state index is 0.409. The van der Waals surface area contributed by atoms with E-state index in [9.17, 15) is 0 Å². The molecule has 1 aliphatic carbocycles. The van der Waals surface area contributed by atoms with Crippen LogP contribution in [0.1, 0.15) is 37.7 Å². The van der Waals surface area contributed by atoms with Crippen LogP contribution in [0.4, 0.5) is 11.5 Å². The topological polar surface area (TPSA) is 55.2 Å².